The van der Waals surface area contributed by atoms with Crippen LogP contribution in [0.3, 0.4) is 0 Å². The number of carbonyl (C=O) groups is 1. The summed E-state index contributed by atoms with van der Waals surface area (Å²) < 4.78 is 38.7. The summed E-state index contributed by atoms with van der Waals surface area (Å²) in [5.41, 5.74) is 3.85. The number of aromatic nitrogens is 4. The monoisotopic (exact) mass is 605 g/mol. The third-order valence-electron chi connectivity index (χ3n) is 7.55. The number of rotatable bonds is 7. The fraction of sp³-hybridized carbons (Fsp3) is 0.400. The highest BCUT2D eigenvalue weighted by Gasteiger charge is 2.25. The van der Waals surface area contributed by atoms with Crippen LogP contribution in [-0.4, -0.2) is 92.9 Å². The van der Waals surface area contributed by atoms with Crippen molar-refractivity contribution in [3.05, 3.63) is 59.9 Å². The zero-order chi connectivity index (χ0) is 30.1. The second kappa shape index (κ2) is 11.9. The Morgan fingerprint density at radius 1 is 0.884 bits per heavy atom. The van der Waals surface area contributed by atoms with Crippen molar-refractivity contribution in [1.82, 2.24) is 24.5 Å². The van der Waals surface area contributed by atoms with Gasteiger partial charge in [0.15, 0.2) is 11.5 Å². The molecule has 0 spiro atoms. The van der Waals surface area contributed by atoms with Crippen molar-refractivity contribution in [3.63, 3.8) is 0 Å². The highest BCUT2D eigenvalue weighted by Crippen LogP contribution is 2.36. The molecule has 0 saturated carbocycles. The Balaban J connectivity index is 1.52. The molecule has 1 aromatic carbocycles. The highest BCUT2D eigenvalue weighted by atomic mass is 32.2. The maximum atomic E-state index is 13.2. The molecule has 43 heavy (non-hydrogen) atoms. The zero-order valence-corrected chi connectivity index (χ0v) is 25.3. The number of carbonyl (C=O) groups excluding carboxylic acids is 1. The van der Waals surface area contributed by atoms with Gasteiger partial charge in [-0.2, -0.15) is 9.78 Å². The van der Waals surface area contributed by atoms with E-state index >= 15 is 0 Å². The molecular formula is C30H35N7O5S. The molecule has 3 aromatic heterocycles. The smallest absolute Gasteiger partial charge is 0.283 e. The van der Waals surface area contributed by atoms with E-state index in [1.165, 1.54) is 0 Å². The summed E-state index contributed by atoms with van der Waals surface area (Å²) in [6, 6.07) is 15.5. The number of anilines is 2. The number of nitrogens with one attached hydrogen (secondary N) is 1. The lowest BCUT2D eigenvalue weighted by atomic mass is 9.97. The quantitative estimate of drug-likeness (QED) is 0.335. The molecule has 2 aliphatic rings. The topological polar surface area (TPSA) is 132 Å². The van der Waals surface area contributed by atoms with Gasteiger partial charge < -0.3 is 19.3 Å². The van der Waals surface area contributed by atoms with E-state index in [-0.39, 0.29) is 11.6 Å². The van der Waals surface area contributed by atoms with Crippen molar-refractivity contribution in [3.8, 4) is 16.9 Å². The molecule has 12 nitrogen and oxygen atoms in total. The number of hydrogen-bond acceptors (Lipinski definition) is 10. The molecule has 2 aliphatic heterocycles. The van der Waals surface area contributed by atoms with Gasteiger partial charge in [-0.1, -0.05) is 32.0 Å². The van der Waals surface area contributed by atoms with Gasteiger partial charge in [0.25, 0.3) is 5.91 Å². The molecule has 13 heteroatoms. The first kappa shape index (κ1) is 29.0. The van der Waals surface area contributed by atoms with Gasteiger partial charge in [0.1, 0.15) is 11.5 Å². The van der Waals surface area contributed by atoms with Crippen LogP contribution in [0.25, 0.3) is 28.0 Å². The number of pyridine rings is 2. The lowest BCUT2D eigenvalue weighted by Gasteiger charge is -2.29. The molecular weight excluding hydrogens is 570 g/mol. The van der Waals surface area contributed by atoms with Crippen LogP contribution in [0.1, 0.15) is 35.9 Å². The largest absolute Gasteiger partial charge is 0.378 e. The first-order valence-corrected chi connectivity index (χ1v) is 16.3. The van der Waals surface area contributed by atoms with Crippen LogP contribution in [0.5, 0.6) is 0 Å². The minimum absolute atomic E-state index is 0.0232. The summed E-state index contributed by atoms with van der Waals surface area (Å²) >= 11 is 0. The van der Waals surface area contributed by atoms with E-state index < -0.39 is 15.9 Å². The van der Waals surface area contributed by atoms with Gasteiger partial charge in [-0.25, -0.2) is 23.1 Å². The first-order valence-electron chi connectivity index (χ1n) is 14.4. The van der Waals surface area contributed by atoms with Gasteiger partial charge in [-0.05, 0) is 47.4 Å². The zero-order valence-electron chi connectivity index (χ0n) is 24.5. The molecule has 1 N–H and O–H groups in total. The van der Waals surface area contributed by atoms with Crippen LogP contribution in [-0.2, 0) is 19.5 Å². The van der Waals surface area contributed by atoms with Crippen molar-refractivity contribution in [2.45, 2.75) is 19.8 Å². The van der Waals surface area contributed by atoms with E-state index in [0.717, 1.165) is 66.1 Å². The Kier molecular flexibility index (Phi) is 8.03. The van der Waals surface area contributed by atoms with Gasteiger partial charge in [0.2, 0.25) is 10.0 Å². The summed E-state index contributed by atoms with van der Waals surface area (Å²) in [4.78, 5) is 27.2. The van der Waals surface area contributed by atoms with E-state index in [1.807, 2.05) is 30.3 Å². The molecule has 1 amide bonds. The second-order valence-corrected chi connectivity index (χ2v) is 12.8. The summed E-state index contributed by atoms with van der Waals surface area (Å²) in [6.07, 6.45) is 0.941. The minimum Gasteiger partial charge on any atom is -0.378 e. The number of benzene rings is 1. The number of morpholine rings is 2. The van der Waals surface area contributed by atoms with Crippen molar-refractivity contribution in [2.75, 3.05) is 68.7 Å². The lowest BCUT2D eigenvalue weighted by Crippen LogP contribution is -2.36. The molecule has 2 saturated heterocycles. The molecule has 0 aliphatic carbocycles. The second-order valence-electron chi connectivity index (χ2n) is 11.0. The predicted octanol–water partition coefficient (Wildman–Crippen LogP) is 2.97. The molecule has 226 valence electrons. The van der Waals surface area contributed by atoms with Crippen molar-refractivity contribution < 1.29 is 22.7 Å². The fourth-order valence-electron chi connectivity index (χ4n) is 5.44. The third kappa shape index (κ3) is 6.19. The van der Waals surface area contributed by atoms with Crippen molar-refractivity contribution in [1.29, 1.82) is 0 Å². The molecule has 0 atom stereocenters. The molecule has 5 heterocycles. The van der Waals surface area contributed by atoms with E-state index in [1.54, 1.807) is 10.7 Å². The summed E-state index contributed by atoms with van der Waals surface area (Å²) in [7, 11) is -3.81. The van der Waals surface area contributed by atoms with E-state index in [0.29, 0.717) is 37.9 Å². The molecule has 4 aromatic rings. The molecule has 0 unspecified atom stereocenters. The molecule has 6 rings (SSSR count). The number of nitrogens with zero attached hydrogens (tertiary/aromatic N) is 6. The summed E-state index contributed by atoms with van der Waals surface area (Å²) in [5.74, 6) is 0.544. The van der Waals surface area contributed by atoms with Gasteiger partial charge in [-0.3, -0.25) is 4.79 Å². The minimum atomic E-state index is -3.81. The number of amides is 1. The third-order valence-corrected chi connectivity index (χ3v) is 8.10. The standard InChI is InChI=1S/C30H35N7O5S/c1-20(2)28-27-23(21-7-9-22(10-8-21)35-11-15-41-16-12-35)19-24(30(38)34-43(3,39)40)31-29(27)37(33-28)26-6-4-5-25(32-26)36-13-17-42-18-14-36/h4-10,19-20H,11-18H2,1-3H3,(H,34,38). The van der Waals surface area contributed by atoms with E-state index in [2.05, 4.69) is 45.5 Å². The number of sulfonamides is 1. The van der Waals surface area contributed by atoms with Gasteiger partial charge in [0, 0.05) is 31.9 Å². The van der Waals surface area contributed by atoms with E-state index in [4.69, 9.17) is 19.6 Å². The Morgan fingerprint density at radius 2 is 1.51 bits per heavy atom. The van der Waals surface area contributed by atoms with Crippen LogP contribution in [0.15, 0.2) is 48.5 Å². The Bertz CT molecular complexity index is 1740. The maximum Gasteiger partial charge on any atom is 0.283 e. The number of fused-ring (bicyclic) bond motifs is 1. The highest BCUT2D eigenvalue weighted by molar-refractivity contribution is 7.89. The van der Waals surface area contributed by atoms with Gasteiger partial charge >= 0.3 is 0 Å². The molecule has 2 fully saturated rings. The average molecular weight is 606 g/mol. The average Bonchev–Trinajstić information content (AvgIpc) is 3.41. The Morgan fingerprint density at radius 3 is 2.14 bits per heavy atom. The van der Waals surface area contributed by atoms with Crippen LogP contribution in [0.4, 0.5) is 11.5 Å². The normalized spacial score (nSPS) is 16.2. The summed E-state index contributed by atoms with van der Waals surface area (Å²) in [6.45, 7) is 9.82. The predicted molar refractivity (Wildman–Crippen MR) is 165 cm³/mol. The summed E-state index contributed by atoms with van der Waals surface area (Å²) in [5, 5.41) is 5.76. The number of hydrogen-bond donors (Lipinski definition) is 1. The van der Waals surface area contributed by atoms with E-state index in [9.17, 15) is 13.2 Å². The lowest BCUT2D eigenvalue weighted by molar-refractivity contribution is 0.0977. The van der Waals surface area contributed by atoms with Crippen LogP contribution < -0.4 is 14.5 Å². The van der Waals surface area contributed by atoms with Crippen LogP contribution >= 0.6 is 0 Å². The Hall–Kier alpha value is -4.07. The van der Waals surface area contributed by atoms with Gasteiger partial charge in [0.05, 0.1) is 43.8 Å². The van der Waals surface area contributed by atoms with Gasteiger partial charge in [-0.15, -0.1) is 0 Å². The van der Waals surface area contributed by atoms with Crippen molar-refractivity contribution in [2.24, 2.45) is 0 Å². The van der Waals surface area contributed by atoms with Crippen LogP contribution in [0.2, 0.25) is 0 Å². The fourth-order valence-corrected chi connectivity index (χ4v) is 5.88. The van der Waals surface area contributed by atoms with Crippen LogP contribution in [0, 0.1) is 0 Å². The first-order chi connectivity index (χ1) is 20.7. The molecule has 0 bridgehead atoms. The number of ether oxygens (including phenoxy) is 2. The molecule has 0 radical (unpaired) electrons. The SMILES string of the molecule is CC(C)c1nn(-c2cccc(N3CCOCC3)n2)c2nc(C(=O)NS(C)(=O)=O)cc(-c3ccc(N4CCOCC4)cc3)c12. The maximum absolute atomic E-state index is 13.2. The Labute approximate surface area is 250 Å². The van der Waals surface area contributed by atoms with Crippen molar-refractivity contribution >= 4 is 38.5 Å².